The number of aromatic nitrogens is 1. The molecular formula is C22H20N2O3S. The van der Waals surface area contributed by atoms with E-state index in [-0.39, 0.29) is 5.91 Å². The zero-order valence-corrected chi connectivity index (χ0v) is 16.5. The second-order valence-electron chi connectivity index (χ2n) is 6.54. The standard InChI is InChI=1S/C22H20N2O3S/c1-14-7-9-16(10-8-14)26-15(2)21(25)23-13-17-11-12-19(27-17)22-24-18-5-3-4-6-20(18)28-22/h3-12,15H,13H2,1-2H3,(H,23,25)/t15-/m1/s1. The third-order valence-corrected chi connectivity index (χ3v) is 5.36. The molecule has 0 unspecified atom stereocenters. The molecule has 0 spiro atoms. The fourth-order valence-corrected chi connectivity index (χ4v) is 3.69. The lowest BCUT2D eigenvalue weighted by molar-refractivity contribution is -0.127. The number of nitrogens with zero attached hydrogens (tertiary/aromatic N) is 1. The van der Waals surface area contributed by atoms with Gasteiger partial charge in [-0.15, -0.1) is 11.3 Å². The van der Waals surface area contributed by atoms with Crippen molar-refractivity contribution in [3.05, 3.63) is 72.0 Å². The predicted octanol–water partition coefficient (Wildman–Crippen LogP) is 4.95. The number of nitrogens with one attached hydrogen (secondary N) is 1. The van der Waals surface area contributed by atoms with Gasteiger partial charge < -0.3 is 14.5 Å². The van der Waals surface area contributed by atoms with Crippen LogP contribution in [-0.4, -0.2) is 17.0 Å². The molecule has 1 atom stereocenters. The van der Waals surface area contributed by atoms with Crippen molar-refractivity contribution in [1.29, 1.82) is 0 Å². The van der Waals surface area contributed by atoms with Crippen LogP contribution in [0.3, 0.4) is 0 Å². The molecule has 2 aromatic heterocycles. The Balaban J connectivity index is 1.36. The van der Waals surface area contributed by atoms with Crippen LogP contribution in [0.25, 0.3) is 21.0 Å². The maximum absolute atomic E-state index is 12.3. The smallest absolute Gasteiger partial charge is 0.261 e. The van der Waals surface area contributed by atoms with E-state index in [1.165, 1.54) is 0 Å². The third kappa shape index (κ3) is 4.07. The highest BCUT2D eigenvalue weighted by molar-refractivity contribution is 7.21. The number of benzene rings is 2. The van der Waals surface area contributed by atoms with Crippen LogP contribution in [0.1, 0.15) is 18.2 Å². The summed E-state index contributed by atoms with van der Waals surface area (Å²) in [7, 11) is 0. The Hall–Kier alpha value is -3.12. The van der Waals surface area contributed by atoms with Crippen molar-refractivity contribution in [2.24, 2.45) is 0 Å². The van der Waals surface area contributed by atoms with Gasteiger partial charge in [0.15, 0.2) is 16.9 Å². The van der Waals surface area contributed by atoms with Crippen LogP contribution in [0.15, 0.2) is 65.1 Å². The van der Waals surface area contributed by atoms with Gasteiger partial charge in [-0.1, -0.05) is 29.8 Å². The van der Waals surface area contributed by atoms with Crippen molar-refractivity contribution >= 4 is 27.5 Å². The lowest BCUT2D eigenvalue weighted by Crippen LogP contribution is -2.35. The number of amides is 1. The summed E-state index contributed by atoms with van der Waals surface area (Å²) in [6.45, 7) is 4.03. The number of furan rings is 1. The minimum atomic E-state index is -0.596. The van der Waals surface area contributed by atoms with E-state index in [2.05, 4.69) is 10.3 Å². The molecule has 0 aliphatic heterocycles. The Morgan fingerprint density at radius 3 is 2.71 bits per heavy atom. The number of carbonyl (C=O) groups is 1. The van der Waals surface area contributed by atoms with E-state index in [1.54, 1.807) is 18.3 Å². The Morgan fingerprint density at radius 2 is 1.93 bits per heavy atom. The number of aryl methyl sites for hydroxylation is 1. The van der Waals surface area contributed by atoms with Crippen LogP contribution in [-0.2, 0) is 11.3 Å². The lowest BCUT2D eigenvalue weighted by Gasteiger charge is -2.14. The highest BCUT2D eigenvalue weighted by atomic mass is 32.1. The SMILES string of the molecule is Cc1ccc(O[C@H](C)C(=O)NCc2ccc(-c3nc4ccccc4s3)o2)cc1. The van der Waals surface area contributed by atoms with E-state index in [0.717, 1.165) is 20.8 Å². The average Bonchev–Trinajstić information content (AvgIpc) is 3.34. The first kappa shape index (κ1) is 18.3. The largest absolute Gasteiger partial charge is 0.481 e. The van der Waals surface area contributed by atoms with Crippen molar-refractivity contribution in [3.8, 4) is 16.5 Å². The number of hydrogen-bond donors (Lipinski definition) is 1. The molecule has 0 bridgehead atoms. The van der Waals surface area contributed by atoms with Crippen LogP contribution in [0.2, 0.25) is 0 Å². The number of ether oxygens (including phenoxy) is 1. The molecule has 0 radical (unpaired) electrons. The predicted molar refractivity (Wildman–Crippen MR) is 110 cm³/mol. The second-order valence-corrected chi connectivity index (χ2v) is 7.57. The molecular weight excluding hydrogens is 372 g/mol. The lowest BCUT2D eigenvalue weighted by atomic mass is 10.2. The van der Waals surface area contributed by atoms with E-state index in [4.69, 9.17) is 9.15 Å². The number of thiazole rings is 1. The Bertz CT molecular complexity index is 1070. The van der Waals surface area contributed by atoms with Gasteiger partial charge in [0.05, 0.1) is 16.8 Å². The van der Waals surface area contributed by atoms with Crippen molar-refractivity contribution in [3.63, 3.8) is 0 Å². The van der Waals surface area contributed by atoms with Gasteiger partial charge in [0.1, 0.15) is 11.5 Å². The summed E-state index contributed by atoms with van der Waals surface area (Å²) in [5.41, 5.74) is 2.10. The van der Waals surface area contributed by atoms with E-state index >= 15 is 0 Å². The number of carbonyl (C=O) groups excluding carboxylic acids is 1. The quantitative estimate of drug-likeness (QED) is 0.504. The topological polar surface area (TPSA) is 64.4 Å². The van der Waals surface area contributed by atoms with Crippen molar-refractivity contribution in [2.45, 2.75) is 26.5 Å². The van der Waals surface area contributed by atoms with Gasteiger partial charge in [-0.25, -0.2) is 4.98 Å². The first-order chi connectivity index (χ1) is 13.6. The Morgan fingerprint density at radius 1 is 1.14 bits per heavy atom. The van der Waals surface area contributed by atoms with Gasteiger partial charge in [-0.3, -0.25) is 4.79 Å². The summed E-state index contributed by atoms with van der Waals surface area (Å²) in [6.07, 6.45) is -0.596. The summed E-state index contributed by atoms with van der Waals surface area (Å²) >= 11 is 1.58. The van der Waals surface area contributed by atoms with Crippen LogP contribution in [0.4, 0.5) is 0 Å². The number of fused-ring (bicyclic) bond motifs is 1. The van der Waals surface area contributed by atoms with Gasteiger partial charge in [0, 0.05) is 0 Å². The minimum absolute atomic E-state index is 0.196. The fourth-order valence-electron chi connectivity index (χ4n) is 2.76. The van der Waals surface area contributed by atoms with Gasteiger partial charge in [-0.05, 0) is 50.2 Å². The maximum Gasteiger partial charge on any atom is 0.261 e. The molecule has 4 rings (SSSR count). The monoisotopic (exact) mass is 392 g/mol. The molecule has 6 heteroatoms. The second kappa shape index (κ2) is 7.86. The number of para-hydroxylation sites is 1. The van der Waals surface area contributed by atoms with E-state index in [9.17, 15) is 4.79 Å². The molecule has 0 aliphatic rings. The Labute approximate surface area is 167 Å². The first-order valence-electron chi connectivity index (χ1n) is 9.04. The maximum atomic E-state index is 12.3. The number of hydrogen-bond acceptors (Lipinski definition) is 5. The van der Waals surface area contributed by atoms with Gasteiger partial charge in [-0.2, -0.15) is 0 Å². The van der Waals surface area contributed by atoms with E-state index in [0.29, 0.717) is 23.8 Å². The highest BCUT2D eigenvalue weighted by Gasteiger charge is 2.16. The molecule has 4 aromatic rings. The molecule has 1 N–H and O–H groups in total. The average molecular weight is 392 g/mol. The summed E-state index contributed by atoms with van der Waals surface area (Å²) in [5.74, 6) is 1.85. The van der Waals surface area contributed by atoms with E-state index in [1.807, 2.05) is 67.6 Å². The molecule has 2 aromatic carbocycles. The third-order valence-electron chi connectivity index (χ3n) is 4.31. The van der Waals surface area contributed by atoms with Gasteiger partial charge in [0.2, 0.25) is 0 Å². The molecule has 0 saturated carbocycles. The summed E-state index contributed by atoms with van der Waals surface area (Å²) < 4.78 is 12.6. The molecule has 28 heavy (non-hydrogen) atoms. The molecule has 1 amide bonds. The van der Waals surface area contributed by atoms with Gasteiger partial charge >= 0.3 is 0 Å². The highest BCUT2D eigenvalue weighted by Crippen LogP contribution is 2.31. The molecule has 2 heterocycles. The summed E-state index contributed by atoms with van der Waals surface area (Å²) in [6, 6.07) is 19.3. The molecule has 0 saturated heterocycles. The zero-order valence-electron chi connectivity index (χ0n) is 15.6. The molecule has 5 nitrogen and oxygen atoms in total. The Kier molecular flexibility index (Phi) is 5.12. The molecule has 0 fully saturated rings. The zero-order chi connectivity index (χ0) is 19.5. The summed E-state index contributed by atoms with van der Waals surface area (Å²) in [5, 5.41) is 3.68. The summed E-state index contributed by atoms with van der Waals surface area (Å²) in [4.78, 5) is 16.9. The van der Waals surface area contributed by atoms with Crippen LogP contribution in [0.5, 0.6) is 5.75 Å². The molecule has 142 valence electrons. The van der Waals surface area contributed by atoms with Crippen molar-refractivity contribution in [1.82, 2.24) is 10.3 Å². The number of rotatable bonds is 6. The van der Waals surface area contributed by atoms with Crippen LogP contribution < -0.4 is 10.1 Å². The molecule has 0 aliphatic carbocycles. The van der Waals surface area contributed by atoms with Crippen molar-refractivity contribution < 1.29 is 13.9 Å². The normalized spacial score (nSPS) is 12.1. The fraction of sp³-hybridized carbons (Fsp3) is 0.182. The van der Waals surface area contributed by atoms with E-state index < -0.39 is 6.10 Å². The van der Waals surface area contributed by atoms with Crippen LogP contribution in [0, 0.1) is 6.92 Å². The first-order valence-corrected chi connectivity index (χ1v) is 9.86. The minimum Gasteiger partial charge on any atom is -0.481 e. The van der Waals surface area contributed by atoms with Gasteiger partial charge in [0.25, 0.3) is 5.91 Å². The van der Waals surface area contributed by atoms with Crippen molar-refractivity contribution in [2.75, 3.05) is 0 Å². The van der Waals surface area contributed by atoms with Crippen LogP contribution >= 0.6 is 11.3 Å².